The molecule has 3 nitrogen and oxygen atoms in total. The van der Waals surface area contributed by atoms with E-state index in [1.165, 1.54) is 13.1 Å². The largest absolute Gasteiger partial charge is 0.465 e. The lowest BCUT2D eigenvalue weighted by atomic mass is 10.3. The molecular weight excluding hydrogens is 213 g/mol. The Balaban J connectivity index is 3.12. The molecule has 5 heteroatoms. The Hall–Kier alpha value is -0.930. The van der Waals surface area contributed by atoms with Gasteiger partial charge in [-0.3, -0.25) is 4.90 Å². The molecule has 0 bridgehead atoms. The Morgan fingerprint density at radius 2 is 2.08 bits per heavy atom. The van der Waals surface area contributed by atoms with Crippen LogP contribution in [0.4, 0.5) is 10.5 Å². The fourth-order valence-corrected chi connectivity index (χ4v) is 1.26. The van der Waals surface area contributed by atoms with Crippen molar-refractivity contribution in [3.8, 4) is 0 Å². The monoisotopic (exact) mass is 219 g/mol. The maximum Gasteiger partial charge on any atom is 0.411 e. The molecule has 1 aromatic carbocycles. The fraction of sp³-hybridized carbons (Fsp3) is 0.125. The van der Waals surface area contributed by atoms with Crippen LogP contribution in [0.2, 0.25) is 10.0 Å². The van der Waals surface area contributed by atoms with Crippen LogP contribution in [0.3, 0.4) is 0 Å². The van der Waals surface area contributed by atoms with E-state index in [9.17, 15) is 4.79 Å². The van der Waals surface area contributed by atoms with E-state index < -0.39 is 6.09 Å². The van der Waals surface area contributed by atoms with E-state index in [-0.39, 0.29) is 0 Å². The topological polar surface area (TPSA) is 40.5 Å². The predicted octanol–water partition coefficient (Wildman–Crippen LogP) is 3.11. The van der Waals surface area contributed by atoms with Gasteiger partial charge in [0.05, 0.1) is 10.7 Å². The van der Waals surface area contributed by atoms with Crippen LogP contribution in [0.5, 0.6) is 0 Å². The fourth-order valence-electron chi connectivity index (χ4n) is 0.846. The lowest BCUT2D eigenvalue weighted by molar-refractivity contribution is 0.203. The second-order valence-electron chi connectivity index (χ2n) is 2.44. The van der Waals surface area contributed by atoms with Crippen molar-refractivity contribution in [3.63, 3.8) is 0 Å². The SMILES string of the molecule is CN(C(=O)O)c1cc(Cl)ccc1Cl. The molecule has 0 aliphatic rings. The molecule has 0 heterocycles. The van der Waals surface area contributed by atoms with Crippen LogP contribution in [0.15, 0.2) is 18.2 Å². The molecule has 0 fully saturated rings. The zero-order chi connectivity index (χ0) is 10.0. The summed E-state index contributed by atoms with van der Waals surface area (Å²) in [7, 11) is 1.40. The van der Waals surface area contributed by atoms with Crippen LogP contribution in [0.25, 0.3) is 0 Å². The van der Waals surface area contributed by atoms with Crippen molar-refractivity contribution in [1.29, 1.82) is 0 Å². The second kappa shape index (κ2) is 3.85. The number of halogens is 2. The van der Waals surface area contributed by atoms with Gasteiger partial charge in [-0.1, -0.05) is 23.2 Å². The quantitative estimate of drug-likeness (QED) is 0.789. The van der Waals surface area contributed by atoms with Crippen molar-refractivity contribution in [3.05, 3.63) is 28.2 Å². The molecule has 0 aromatic heterocycles. The highest BCUT2D eigenvalue weighted by atomic mass is 35.5. The van der Waals surface area contributed by atoms with Crippen LogP contribution in [0, 0.1) is 0 Å². The number of carboxylic acid groups (broad SMARTS) is 1. The summed E-state index contributed by atoms with van der Waals surface area (Å²) >= 11 is 11.5. The van der Waals surface area contributed by atoms with E-state index in [1.54, 1.807) is 12.1 Å². The molecule has 0 aliphatic carbocycles. The molecule has 1 N–H and O–H groups in total. The number of rotatable bonds is 1. The smallest absolute Gasteiger partial charge is 0.411 e. The number of carbonyl (C=O) groups is 1. The van der Waals surface area contributed by atoms with Crippen LogP contribution < -0.4 is 4.90 Å². The summed E-state index contributed by atoms with van der Waals surface area (Å²) in [6.45, 7) is 0. The molecule has 13 heavy (non-hydrogen) atoms. The number of anilines is 1. The van der Waals surface area contributed by atoms with Gasteiger partial charge in [0, 0.05) is 12.1 Å². The average Bonchev–Trinajstić information content (AvgIpc) is 2.08. The number of hydrogen-bond acceptors (Lipinski definition) is 1. The molecule has 0 unspecified atom stereocenters. The molecule has 0 saturated carbocycles. The molecular formula is C8H7Cl2NO2. The third-order valence-electron chi connectivity index (χ3n) is 1.56. The van der Waals surface area contributed by atoms with Gasteiger partial charge in [0.2, 0.25) is 0 Å². The Bertz CT molecular complexity index is 341. The molecule has 1 amide bonds. The zero-order valence-electron chi connectivity index (χ0n) is 6.79. The first-order chi connectivity index (χ1) is 6.02. The Labute approximate surface area is 85.5 Å². The number of amides is 1. The highest BCUT2D eigenvalue weighted by Crippen LogP contribution is 2.28. The summed E-state index contributed by atoms with van der Waals surface area (Å²) in [6.07, 6.45) is -1.08. The van der Waals surface area contributed by atoms with E-state index in [0.29, 0.717) is 15.7 Å². The van der Waals surface area contributed by atoms with Crippen LogP contribution in [-0.2, 0) is 0 Å². The molecule has 0 atom stereocenters. The van der Waals surface area contributed by atoms with E-state index in [4.69, 9.17) is 28.3 Å². The third kappa shape index (κ3) is 2.26. The zero-order valence-corrected chi connectivity index (χ0v) is 8.30. The van der Waals surface area contributed by atoms with Gasteiger partial charge in [0.15, 0.2) is 0 Å². The predicted molar refractivity (Wildman–Crippen MR) is 52.9 cm³/mol. The summed E-state index contributed by atoms with van der Waals surface area (Å²) < 4.78 is 0. The summed E-state index contributed by atoms with van der Waals surface area (Å²) in [5, 5.41) is 9.48. The van der Waals surface area contributed by atoms with E-state index >= 15 is 0 Å². The lowest BCUT2D eigenvalue weighted by Crippen LogP contribution is -2.23. The van der Waals surface area contributed by atoms with Gasteiger partial charge in [-0.25, -0.2) is 4.79 Å². The van der Waals surface area contributed by atoms with Crippen molar-refractivity contribution in [2.45, 2.75) is 0 Å². The number of benzene rings is 1. The highest BCUT2D eigenvalue weighted by Gasteiger charge is 2.12. The minimum Gasteiger partial charge on any atom is -0.465 e. The van der Waals surface area contributed by atoms with Gasteiger partial charge in [-0.2, -0.15) is 0 Å². The third-order valence-corrected chi connectivity index (χ3v) is 2.11. The average molecular weight is 220 g/mol. The van der Waals surface area contributed by atoms with E-state index in [2.05, 4.69) is 0 Å². The van der Waals surface area contributed by atoms with Gasteiger partial charge in [0.1, 0.15) is 0 Å². The van der Waals surface area contributed by atoms with Crippen molar-refractivity contribution in [1.82, 2.24) is 0 Å². The van der Waals surface area contributed by atoms with Gasteiger partial charge in [0.25, 0.3) is 0 Å². The summed E-state index contributed by atoms with van der Waals surface area (Å²) in [5.41, 5.74) is 0.377. The van der Waals surface area contributed by atoms with Crippen molar-refractivity contribution < 1.29 is 9.90 Å². The van der Waals surface area contributed by atoms with Crippen LogP contribution in [0.1, 0.15) is 0 Å². The standard InChI is InChI=1S/C8H7Cl2NO2/c1-11(8(12)13)7-4-5(9)2-3-6(7)10/h2-4H,1H3,(H,12,13). The van der Waals surface area contributed by atoms with Gasteiger partial charge >= 0.3 is 6.09 Å². The second-order valence-corrected chi connectivity index (χ2v) is 3.28. The van der Waals surface area contributed by atoms with Gasteiger partial charge in [-0.05, 0) is 18.2 Å². The number of nitrogens with zero attached hydrogens (tertiary/aromatic N) is 1. The number of hydrogen-bond donors (Lipinski definition) is 1. The maximum atomic E-state index is 10.6. The van der Waals surface area contributed by atoms with Gasteiger partial charge in [-0.15, -0.1) is 0 Å². The molecule has 0 saturated heterocycles. The molecule has 1 rings (SSSR count). The molecule has 70 valence electrons. The first-order valence-electron chi connectivity index (χ1n) is 3.44. The molecule has 0 aliphatic heterocycles. The first kappa shape index (κ1) is 10.2. The van der Waals surface area contributed by atoms with E-state index in [0.717, 1.165) is 4.90 Å². The van der Waals surface area contributed by atoms with E-state index in [1.807, 2.05) is 0 Å². The lowest BCUT2D eigenvalue weighted by Gasteiger charge is -2.14. The maximum absolute atomic E-state index is 10.6. The Morgan fingerprint density at radius 3 is 2.62 bits per heavy atom. The Kier molecular flexibility index (Phi) is 3.01. The molecule has 0 radical (unpaired) electrons. The summed E-state index contributed by atoms with van der Waals surface area (Å²) in [4.78, 5) is 11.6. The highest BCUT2D eigenvalue weighted by molar-refractivity contribution is 6.35. The first-order valence-corrected chi connectivity index (χ1v) is 4.19. The summed E-state index contributed by atoms with van der Waals surface area (Å²) in [6, 6.07) is 4.65. The van der Waals surface area contributed by atoms with Crippen LogP contribution in [-0.4, -0.2) is 18.2 Å². The minimum atomic E-state index is -1.08. The minimum absolute atomic E-state index is 0.356. The molecule has 0 spiro atoms. The molecule has 1 aromatic rings. The van der Waals surface area contributed by atoms with Crippen molar-refractivity contribution >= 4 is 35.0 Å². The van der Waals surface area contributed by atoms with Crippen molar-refractivity contribution in [2.24, 2.45) is 0 Å². The van der Waals surface area contributed by atoms with Gasteiger partial charge < -0.3 is 5.11 Å². The van der Waals surface area contributed by atoms with Crippen LogP contribution >= 0.6 is 23.2 Å². The van der Waals surface area contributed by atoms with Crippen molar-refractivity contribution in [2.75, 3.05) is 11.9 Å². The Morgan fingerprint density at radius 1 is 1.46 bits per heavy atom. The normalized spacial score (nSPS) is 9.77. The summed E-state index contributed by atoms with van der Waals surface area (Å²) in [5.74, 6) is 0.